The van der Waals surface area contributed by atoms with Gasteiger partial charge in [-0.2, -0.15) is 8.61 Å². The number of sulfonamides is 2. The number of amides is 3. The number of anilines is 2. The third-order valence-corrected chi connectivity index (χ3v) is 23.4. The van der Waals surface area contributed by atoms with E-state index in [0.29, 0.717) is 113 Å². The highest BCUT2D eigenvalue weighted by Gasteiger charge is 2.43. The first-order valence-electron chi connectivity index (χ1n) is 31.2. The van der Waals surface area contributed by atoms with Crippen LogP contribution in [0.1, 0.15) is 124 Å². The van der Waals surface area contributed by atoms with Crippen LogP contribution < -0.4 is 32.3 Å². The van der Waals surface area contributed by atoms with Crippen LogP contribution in [0.4, 0.5) is 29.3 Å². The average molecular weight is 1280 g/mol. The lowest BCUT2D eigenvalue weighted by molar-refractivity contribution is -0.119. The zero-order chi connectivity index (χ0) is 62.3. The standard InChI is InChI=1S/C64H84ClF3N8O10S2/c1-39-32-44(58(41-13-20-46(66)21-14-41)60(69)62(77)73-57-34-47(67)22-12-40(57)15-23-50-35-70-48-6-4-30-87(80,81)75(50)37-48)33-53(86-39)28-29-85-64(79)74-61(59(42-10-18-45(65)19-11-42)43-16-25-52(84-2)26-17-43)63(78)72-56-9-3-8-55(68)54(56)27-24-51-36-71-49-7-5-31-88(82,83)76(51)38-49/h3,8-14,18-22,34,39,43-44,48-53,58-61,70-71H,4-7,15-17,23-33,35-38,69H2,1-2H3,(H,72,78)(H,73,77)(H,74,79). The Morgan fingerprint density at radius 2 is 1.32 bits per heavy atom. The van der Waals surface area contributed by atoms with Gasteiger partial charge in [-0.1, -0.05) is 48.0 Å². The Kier molecular flexibility index (Phi) is 21.9. The van der Waals surface area contributed by atoms with Crippen molar-refractivity contribution in [3.8, 4) is 0 Å². The van der Waals surface area contributed by atoms with Crippen molar-refractivity contribution in [2.45, 2.75) is 170 Å². The summed E-state index contributed by atoms with van der Waals surface area (Å²) in [4.78, 5) is 44.0. The topological polar surface area (TPSA) is 240 Å². The summed E-state index contributed by atoms with van der Waals surface area (Å²) in [5.74, 6) is -4.47. The molecular weight excluding hydrogens is 1200 g/mol. The van der Waals surface area contributed by atoms with E-state index in [9.17, 15) is 30.8 Å². The molecule has 5 heterocycles. The van der Waals surface area contributed by atoms with Crippen LogP contribution in [0.15, 0.2) is 84.9 Å². The normalized spacial score (nSPS) is 29.0. The minimum absolute atomic E-state index is 0.0169. The summed E-state index contributed by atoms with van der Waals surface area (Å²) in [6, 6.07) is 18.3. The minimum Gasteiger partial charge on any atom is -0.449 e. The summed E-state index contributed by atoms with van der Waals surface area (Å²) in [5.41, 5.74) is 9.54. The number of piperazine rings is 2. The summed E-state index contributed by atoms with van der Waals surface area (Å²) in [7, 11) is -5.30. The fourth-order valence-corrected chi connectivity index (χ4v) is 18.4. The Balaban J connectivity index is 0.835. The van der Waals surface area contributed by atoms with Crippen LogP contribution in [0, 0.1) is 29.3 Å². The van der Waals surface area contributed by atoms with E-state index in [2.05, 4.69) is 26.6 Å². The number of nitrogens with one attached hydrogen (secondary N) is 5. The number of halogens is 4. The first-order chi connectivity index (χ1) is 42.2. The molecule has 0 radical (unpaired) electrons. The highest BCUT2D eigenvalue weighted by molar-refractivity contribution is 7.89. The summed E-state index contributed by atoms with van der Waals surface area (Å²) in [6.07, 6.45) is 5.86. The van der Waals surface area contributed by atoms with Gasteiger partial charge in [0.2, 0.25) is 31.9 Å². The second kappa shape index (κ2) is 29.4. The number of nitrogens with zero attached hydrogens (tertiary/aromatic N) is 2. The first-order valence-corrected chi connectivity index (χ1v) is 34.8. The fraction of sp³-hybridized carbons (Fsp3) is 0.578. The van der Waals surface area contributed by atoms with Crippen molar-refractivity contribution < 1.29 is 58.6 Å². The van der Waals surface area contributed by atoms with Crippen molar-refractivity contribution in [1.29, 1.82) is 0 Å². The molecule has 7 N–H and O–H groups in total. The number of carbonyl (C=O) groups excluding carboxylic acids is 3. The van der Waals surface area contributed by atoms with Crippen LogP contribution >= 0.6 is 11.6 Å². The quantitative estimate of drug-likeness (QED) is 0.0459. The van der Waals surface area contributed by atoms with Crippen molar-refractivity contribution in [3.05, 3.63) is 130 Å². The van der Waals surface area contributed by atoms with Gasteiger partial charge in [-0.15, -0.1) is 0 Å². The molecule has 5 aliphatic heterocycles. The van der Waals surface area contributed by atoms with Gasteiger partial charge in [-0.05, 0) is 174 Å². The predicted molar refractivity (Wildman–Crippen MR) is 331 cm³/mol. The molecule has 13 atom stereocenters. The van der Waals surface area contributed by atoms with E-state index in [1.54, 1.807) is 52.1 Å². The fourth-order valence-electron chi connectivity index (χ4n) is 14.6. The summed E-state index contributed by atoms with van der Waals surface area (Å²) in [6.45, 7) is 3.37. The smallest absolute Gasteiger partial charge is 0.407 e. The molecule has 10 rings (SSSR count). The molecule has 18 nitrogen and oxygen atoms in total. The predicted octanol–water partition coefficient (Wildman–Crippen LogP) is 8.50. The monoisotopic (exact) mass is 1280 g/mol. The lowest BCUT2D eigenvalue weighted by Gasteiger charge is -2.40. The van der Waals surface area contributed by atoms with Gasteiger partial charge in [0, 0.05) is 97.7 Å². The molecule has 0 aromatic heterocycles. The SMILES string of the molecule is COC1CCC(C(c2ccc(Cl)cc2)C(NC(=O)OCCC2CC(C(c3ccc(F)cc3)C(N)C(=O)Nc3cc(F)ccc3CCC3CNC4CCCS(=O)(=O)N3C4)CC(C)O2)C(=O)Nc2cccc(F)c2CCC2CNC3CCCS(=O)(=O)N2C3)CC1. The number of methoxy groups -OCH3 is 1. The van der Waals surface area contributed by atoms with Crippen LogP contribution in [-0.4, -0.2) is 149 Å². The lowest BCUT2D eigenvalue weighted by atomic mass is 9.72. The van der Waals surface area contributed by atoms with Gasteiger partial charge in [0.1, 0.15) is 23.5 Å². The number of benzene rings is 4. The Bertz CT molecular complexity index is 3300. The van der Waals surface area contributed by atoms with Gasteiger partial charge >= 0.3 is 6.09 Å². The number of rotatable bonds is 21. The van der Waals surface area contributed by atoms with Gasteiger partial charge in [0.05, 0.1) is 42.5 Å². The molecule has 4 bridgehead atoms. The number of aryl methyl sites for hydroxylation is 1. The maximum absolute atomic E-state index is 16.1. The number of carbonyl (C=O) groups is 3. The third-order valence-electron chi connectivity index (χ3n) is 19.2. The van der Waals surface area contributed by atoms with Gasteiger partial charge in [-0.25, -0.2) is 34.8 Å². The Hall–Kier alpha value is -5.21. The summed E-state index contributed by atoms with van der Waals surface area (Å²) >= 11 is 6.42. The van der Waals surface area contributed by atoms with Gasteiger partial charge in [0.25, 0.3) is 0 Å². The van der Waals surface area contributed by atoms with Crippen molar-refractivity contribution in [2.24, 2.45) is 17.6 Å². The van der Waals surface area contributed by atoms with E-state index in [0.717, 1.165) is 18.4 Å². The summed E-state index contributed by atoms with van der Waals surface area (Å²) < 4.78 is 120. The third kappa shape index (κ3) is 16.3. The van der Waals surface area contributed by atoms with E-state index in [1.807, 2.05) is 19.1 Å². The Morgan fingerprint density at radius 3 is 1.97 bits per heavy atom. The summed E-state index contributed by atoms with van der Waals surface area (Å²) in [5, 5.41) is 16.2. The Morgan fingerprint density at radius 1 is 0.716 bits per heavy atom. The maximum atomic E-state index is 16.1. The molecular formula is C64H84ClF3N8O10S2. The highest BCUT2D eigenvalue weighted by Crippen LogP contribution is 2.42. The molecule has 480 valence electrons. The van der Waals surface area contributed by atoms with E-state index >= 15 is 13.6 Å². The number of ether oxygens (including phenoxy) is 3. The van der Waals surface area contributed by atoms with Crippen LogP contribution in [0.5, 0.6) is 0 Å². The minimum atomic E-state index is -3.52. The van der Waals surface area contributed by atoms with Crippen LogP contribution in [0.2, 0.25) is 5.02 Å². The Labute approximate surface area is 520 Å². The maximum Gasteiger partial charge on any atom is 0.407 e. The van der Waals surface area contributed by atoms with Crippen molar-refractivity contribution in [2.75, 3.05) is 62.0 Å². The van der Waals surface area contributed by atoms with Crippen LogP contribution in [0.25, 0.3) is 0 Å². The average Bonchev–Trinajstić information content (AvgIpc) is 2.78. The zero-order valence-electron chi connectivity index (χ0n) is 50.0. The number of fused-ring (bicyclic) bond motifs is 4. The second-order valence-corrected chi connectivity index (χ2v) is 29.5. The van der Waals surface area contributed by atoms with E-state index in [1.165, 1.54) is 36.4 Å². The van der Waals surface area contributed by atoms with Crippen LogP contribution in [0.3, 0.4) is 0 Å². The van der Waals surface area contributed by atoms with Gasteiger partial charge in [0.15, 0.2) is 0 Å². The highest BCUT2D eigenvalue weighted by atomic mass is 35.5. The van der Waals surface area contributed by atoms with E-state index < -0.39 is 91.5 Å². The number of alkyl carbamates (subject to hydrolysis) is 1. The van der Waals surface area contributed by atoms with Crippen LogP contribution in [-0.2, 0) is 56.7 Å². The second-order valence-electron chi connectivity index (χ2n) is 25.0. The van der Waals surface area contributed by atoms with Crippen molar-refractivity contribution in [3.63, 3.8) is 0 Å². The molecule has 4 aromatic carbocycles. The molecule has 88 heavy (non-hydrogen) atoms. The molecule has 24 heteroatoms. The first kappa shape index (κ1) is 65.7. The van der Waals surface area contributed by atoms with Crippen molar-refractivity contribution in [1.82, 2.24) is 24.6 Å². The number of nitrogens with two attached hydrogens (primary N) is 1. The molecule has 4 aromatic rings. The van der Waals surface area contributed by atoms with Gasteiger partial charge < -0.3 is 46.5 Å². The molecule has 3 amide bonds. The lowest BCUT2D eigenvalue weighted by Crippen LogP contribution is -2.57. The van der Waals surface area contributed by atoms with E-state index in [-0.39, 0.29) is 90.1 Å². The molecule has 1 saturated carbocycles. The molecule has 0 spiro atoms. The molecule has 5 saturated heterocycles. The van der Waals surface area contributed by atoms with E-state index in [4.69, 9.17) is 31.5 Å². The molecule has 6 fully saturated rings. The van der Waals surface area contributed by atoms with Crippen molar-refractivity contribution >= 4 is 60.9 Å². The number of hydrogen-bond donors (Lipinski definition) is 6. The van der Waals surface area contributed by atoms with Gasteiger partial charge in [-0.3, -0.25) is 9.59 Å². The zero-order valence-corrected chi connectivity index (χ0v) is 52.4. The number of hydrogen-bond acceptors (Lipinski definition) is 13. The largest absolute Gasteiger partial charge is 0.449 e. The molecule has 13 unspecified atom stereocenters. The molecule has 1 aliphatic carbocycles. The molecule has 6 aliphatic rings.